The Hall–Kier alpha value is -1.41. The van der Waals surface area contributed by atoms with Crippen molar-refractivity contribution >= 4 is 11.8 Å². The molecule has 0 saturated heterocycles. The van der Waals surface area contributed by atoms with Crippen molar-refractivity contribution in [1.29, 1.82) is 0 Å². The van der Waals surface area contributed by atoms with Crippen LogP contribution in [0.5, 0.6) is 5.75 Å². The predicted molar refractivity (Wildman–Crippen MR) is 92.5 cm³/mol. The summed E-state index contributed by atoms with van der Waals surface area (Å²) in [7, 11) is 1.75. The molecule has 2 rings (SSSR count). The lowest BCUT2D eigenvalue weighted by Gasteiger charge is -2.13. The van der Waals surface area contributed by atoms with Crippen molar-refractivity contribution in [2.45, 2.75) is 44.3 Å². The molecule has 1 nitrogen and oxygen atoms in total. The van der Waals surface area contributed by atoms with E-state index in [0.29, 0.717) is 0 Å². The van der Waals surface area contributed by atoms with Crippen molar-refractivity contribution < 1.29 is 4.74 Å². The Morgan fingerprint density at radius 1 is 1.00 bits per heavy atom. The quantitative estimate of drug-likeness (QED) is 0.646. The molecular weight excluding hydrogens is 276 g/mol. The van der Waals surface area contributed by atoms with Gasteiger partial charge in [0.25, 0.3) is 0 Å². The third-order valence-electron chi connectivity index (χ3n) is 3.80. The number of aryl methyl sites for hydroxylation is 3. The minimum atomic E-state index is 0.982. The molecule has 0 atom stereocenters. The van der Waals surface area contributed by atoms with Crippen molar-refractivity contribution in [3.05, 3.63) is 58.7 Å². The standard InChI is InChI=1S/C19H24OS/c1-5-8-16-9-6-7-10-17(16)13-21-19-12-15(3)14(2)11-18(19)20-4/h6-7,9-12H,5,8,13H2,1-4H3. The maximum atomic E-state index is 5.53. The van der Waals surface area contributed by atoms with Crippen LogP contribution in [0.25, 0.3) is 0 Å². The third-order valence-corrected chi connectivity index (χ3v) is 4.89. The van der Waals surface area contributed by atoms with E-state index in [0.717, 1.165) is 17.9 Å². The van der Waals surface area contributed by atoms with Gasteiger partial charge in [-0.3, -0.25) is 0 Å². The number of methoxy groups -OCH3 is 1. The third kappa shape index (κ3) is 4.04. The molecule has 0 heterocycles. The molecular formula is C19H24OS. The molecule has 0 spiro atoms. The van der Waals surface area contributed by atoms with Crippen LogP contribution < -0.4 is 4.74 Å². The van der Waals surface area contributed by atoms with Crippen LogP contribution in [0.1, 0.15) is 35.6 Å². The molecule has 0 aliphatic heterocycles. The molecule has 0 saturated carbocycles. The van der Waals surface area contributed by atoms with Crippen LogP contribution in [0.15, 0.2) is 41.3 Å². The van der Waals surface area contributed by atoms with Gasteiger partial charge in [-0.15, -0.1) is 11.8 Å². The smallest absolute Gasteiger partial charge is 0.132 e. The van der Waals surface area contributed by atoms with Crippen molar-refractivity contribution in [3.63, 3.8) is 0 Å². The lowest BCUT2D eigenvalue weighted by Crippen LogP contribution is -1.94. The Morgan fingerprint density at radius 2 is 1.67 bits per heavy atom. The fourth-order valence-corrected chi connectivity index (χ4v) is 3.54. The van der Waals surface area contributed by atoms with E-state index in [-0.39, 0.29) is 0 Å². The minimum Gasteiger partial charge on any atom is -0.496 e. The van der Waals surface area contributed by atoms with Gasteiger partial charge in [-0.1, -0.05) is 37.6 Å². The molecule has 0 aliphatic rings. The van der Waals surface area contributed by atoms with E-state index >= 15 is 0 Å². The highest BCUT2D eigenvalue weighted by Crippen LogP contribution is 2.34. The first-order valence-corrected chi connectivity index (χ1v) is 8.49. The van der Waals surface area contributed by atoms with Gasteiger partial charge in [-0.2, -0.15) is 0 Å². The summed E-state index contributed by atoms with van der Waals surface area (Å²) in [4.78, 5) is 1.23. The SMILES string of the molecule is CCCc1ccccc1CSc1cc(C)c(C)cc1OC. The highest BCUT2D eigenvalue weighted by Gasteiger charge is 2.08. The Kier molecular flexibility index (Phi) is 5.75. The molecule has 112 valence electrons. The number of ether oxygens (including phenoxy) is 1. The number of hydrogen-bond acceptors (Lipinski definition) is 2. The maximum Gasteiger partial charge on any atom is 0.132 e. The van der Waals surface area contributed by atoms with Gasteiger partial charge in [-0.05, 0) is 54.7 Å². The molecule has 0 fully saturated rings. The van der Waals surface area contributed by atoms with Crippen LogP contribution in [0.4, 0.5) is 0 Å². The van der Waals surface area contributed by atoms with Gasteiger partial charge in [0.1, 0.15) is 5.75 Å². The zero-order chi connectivity index (χ0) is 15.2. The highest BCUT2D eigenvalue weighted by atomic mass is 32.2. The van der Waals surface area contributed by atoms with E-state index in [9.17, 15) is 0 Å². The second kappa shape index (κ2) is 7.56. The molecule has 0 aromatic heterocycles. The van der Waals surface area contributed by atoms with Crippen LogP contribution in [0.2, 0.25) is 0 Å². The van der Waals surface area contributed by atoms with Gasteiger partial charge in [0, 0.05) is 10.6 Å². The molecule has 21 heavy (non-hydrogen) atoms. The molecule has 0 radical (unpaired) electrons. The van der Waals surface area contributed by atoms with Crippen molar-refractivity contribution in [2.24, 2.45) is 0 Å². The van der Waals surface area contributed by atoms with E-state index in [2.05, 4.69) is 57.2 Å². The van der Waals surface area contributed by atoms with E-state index in [4.69, 9.17) is 4.74 Å². The summed E-state index contributed by atoms with van der Waals surface area (Å²) in [6.45, 7) is 6.52. The fraction of sp³-hybridized carbons (Fsp3) is 0.368. The fourth-order valence-electron chi connectivity index (χ4n) is 2.40. The molecule has 0 bridgehead atoms. The van der Waals surface area contributed by atoms with Crippen LogP contribution in [0.3, 0.4) is 0 Å². The van der Waals surface area contributed by atoms with Crippen molar-refractivity contribution in [2.75, 3.05) is 7.11 Å². The van der Waals surface area contributed by atoms with E-state index in [1.165, 1.54) is 33.6 Å². The summed E-state index contributed by atoms with van der Waals surface area (Å²) in [6, 6.07) is 13.1. The Morgan fingerprint density at radius 3 is 2.33 bits per heavy atom. The van der Waals surface area contributed by atoms with Gasteiger partial charge in [0.15, 0.2) is 0 Å². The minimum absolute atomic E-state index is 0.982. The first-order valence-electron chi connectivity index (χ1n) is 7.50. The molecule has 0 aliphatic carbocycles. The van der Waals surface area contributed by atoms with Gasteiger partial charge in [-0.25, -0.2) is 0 Å². The zero-order valence-electron chi connectivity index (χ0n) is 13.4. The van der Waals surface area contributed by atoms with Crippen LogP contribution in [-0.2, 0) is 12.2 Å². The van der Waals surface area contributed by atoms with E-state index in [1.807, 2.05) is 11.8 Å². The summed E-state index contributed by atoms with van der Waals surface area (Å²) in [5, 5.41) is 0. The summed E-state index contributed by atoms with van der Waals surface area (Å²) in [6.07, 6.45) is 2.34. The van der Waals surface area contributed by atoms with E-state index < -0.39 is 0 Å². The average Bonchev–Trinajstić information content (AvgIpc) is 2.49. The summed E-state index contributed by atoms with van der Waals surface area (Å²) < 4.78 is 5.53. The number of thioether (sulfide) groups is 1. The lowest BCUT2D eigenvalue weighted by atomic mass is 10.0. The van der Waals surface area contributed by atoms with Gasteiger partial charge in [0.05, 0.1) is 7.11 Å². The molecule has 0 N–H and O–H groups in total. The van der Waals surface area contributed by atoms with E-state index in [1.54, 1.807) is 7.11 Å². The second-order valence-corrected chi connectivity index (χ2v) is 6.41. The average molecular weight is 300 g/mol. The normalized spacial score (nSPS) is 10.7. The van der Waals surface area contributed by atoms with Crippen molar-refractivity contribution in [1.82, 2.24) is 0 Å². The largest absolute Gasteiger partial charge is 0.496 e. The molecule has 2 heteroatoms. The monoisotopic (exact) mass is 300 g/mol. The summed E-state index contributed by atoms with van der Waals surface area (Å²) in [5.41, 5.74) is 5.50. The van der Waals surface area contributed by atoms with Gasteiger partial charge < -0.3 is 4.74 Å². The number of benzene rings is 2. The maximum absolute atomic E-state index is 5.53. The second-order valence-electron chi connectivity index (χ2n) is 5.39. The molecule has 2 aromatic rings. The Labute approximate surface area is 132 Å². The van der Waals surface area contributed by atoms with Gasteiger partial charge >= 0.3 is 0 Å². The highest BCUT2D eigenvalue weighted by molar-refractivity contribution is 7.98. The molecule has 0 amide bonds. The number of hydrogen-bond donors (Lipinski definition) is 0. The number of rotatable bonds is 6. The van der Waals surface area contributed by atoms with Crippen LogP contribution in [0, 0.1) is 13.8 Å². The van der Waals surface area contributed by atoms with Crippen LogP contribution >= 0.6 is 11.8 Å². The summed E-state index contributed by atoms with van der Waals surface area (Å²) in [5.74, 6) is 1.98. The lowest BCUT2D eigenvalue weighted by molar-refractivity contribution is 0.404. The molecule has 0 unspecified atom stereocenters. The summed E-state index contributed by atoms with van der Waals surface area (Å²) >= 11 is 1.86. The Bertz CT molecular complexity index is 605. The zero-order valence-corrected chi connectivity index (χ0v) is 14.2. The van der Waals surface area contributed by atoms with Crippen LogP contribution in [-0.4, -0.2) is 7.11 Å². The molecule has 2 aromatic carbocycles. The first-order chi connectivity index (χ1) is 10.2. The van der Waals surface area contributed by atoms with Crippen molar-refractivity contribution in [3.8, 4) is 5.75 Å². The first kappa shape index (κ1) is 16.0. The topological polar surface area (TPSA) is 9.23 Å². The predicted octanol–water partition coefficient (Wildman–Crippen LogP) is 5.56. The van der Waals surface area contributed by atoms with Gasteiger partial charge in [0.2, 0.25) is 0 Å². The Balaban J connectivity index is 2.18.